The van der Waals surface area contributed by atoms with E-state index in [9.17, 15) is 14.9 Å². The maximum atomic E-state index is 12.0. The molecule has 31 heavy (non-hydrogen) atoms. The van der Waals surface area contributed by atoms with Gasteiger partial charge in [-0.25, -0.2) is 0 Å². The Kier molecular flexibility index (Phi) is 7.60. The van der Waals surface area contributed by atoms with E-state index in [0.717, 1.165) is 35.9 Å². The number of nitro benzene ring substituents is 1. The SMILES string of the molecule is COc1ccc(CCCc2nnc(SCC(=O)Nc3ccc([N+](=O)[O-])cc3)o2)cc1C. The largest absolute Gasteiger partial charge is 0.496 e. The van der Waals surface area contributed by atoms with Gasteiger partial charge in [0.15, 0.2) is 0 Å². The van der Waals surface area contributed by atoms with Crippen molar-refractivity contribution < 1.29 is 18.9 Å². The summed E-state index contributed by atoms with van der Waals surface area (Å²) < 4.78 is 10.9. The summed E-state index contributed by atoms with van der Waals surface area (Å²) in [5.41, 5.74) is 2.77. The lowest BCUT2D eigenvalue weighted by Crippen LogP contribution is -2.13. The van der Waals surface area contributed by atoms with E-state index >= 15 is 0 Å². The van der Waals surface area contributed by atoms with Crippen molar-refractivity contribution in [2.75, 3.05) is 18.2 Å². The number of hydrogen-bond acceptors (Lipinski definition) is 8. The van der Waals surface area contributed by atoms with E-state index in [4.69, 9.17) is 9.15 Å². The Morgan fingerprint density at radius 3 is 2.65 bits per heavy atom. The number of hydrogen-bond donors (Lipinski definition) is 1. The van der Waals surface area contributed by atoms with Crippen molar-refractivity contribution in [3.63, 3.8) is 0 Å². The molecule has 10 heteroatoms. The number of aromatic nitrogens is 2. The Labute approximate surface area is 183 Å². The van der Waals surface area contributed by atoms with Gasteiger partial charge in [-0.1, -0.05) is 23.9 Å². The molecule has 1 aromatic heterocycles. The van der Waals surface area contributed by atoms with Crippen LogP contribution < -0.4 is 10.1 Å². The molecule has 1 N–H and O–H groups in total. The van der Waals surface area contributed by atoms with Gasteiger partial charge in [-0.3, -0.25) is 14.9 Å². The van der Waals surface area contributed by atoms with Crippen LogP contribution in [0.4, 0.5) is 11.4 Å². The monoisotopic (exact) mass is 442 g/mol. The maximum absolute atomic E-state index is 12.0. The number of carbonyl (C=O) groups excluding carboxylic acids is 1. The standard InChI is InChI=1S/C21H22N4O5S/c1-14-12-15(6-11-18(14)29-2)4-3-5-20-23-24-21(30-20)31-13-19(26)22-16-7-9-17(10-8-16)25(27)28/h6-12H,3-5,13H2,1-2H3,(H,22,26). The molecular weight excluding hydrogens is 420 g/mol. The van der Waals surface area contributed by atoms with Crippen LogP contribution in [-0.2, 0) is 17.6 Å². The molecule has 3 rings (SSSR count). The van der Waals surface area contributed by atoms with Crippen molar-refractivity contribution in [2.45, 2.75) is 31.4 Å². The van der Waals surface area contributed by atoms with E-state index in [1.54, 1.807) is 7.11 Å². The lowest BCUT2D eigenvalue weighted by Gasteiger charge is -2.06. The topological polar surface area (TPSA) is 120 Å². The highest BCUT2D eigenvalue weighted by atomic mass is 32.2. The van der Waals surface area contributed by atoms with E-state index < -0.39 is 4.92 Å². The van der Waals surface area contributed by atoms with Crippen LogP contribution in [0.2, 0.25) is 0 Å². The molecule has 0 unspecified atom stereocenters. The molecule has 0 radical (unpaired) electrons. The number of aryl methyl sites for hydroxylation is 3. The van der Waals surface area contributed by atoms with Gasteiger partial charge in [0.1, 0.15) is 5.75 Å². The molecule has 0 atom stereocenters. The maximum Gasteiger partial charge on any atom is 0.277 e. The van der Waals surface area contributed by atoms with Gasteiger partial charge >= 0.3 is 0 Å². The number of methoxy groups -OCH3 is 1. The van der Waals surface area contributed by atoms with Gasteiger partial charge in [0, 0.05) is 24.2 Å². The molecule has 0 fully saturated rings. The van der Waals surface area contributed by atoms with Gasteiger partial charge in [-0.15, -0.1) is 10.2 Å². The second-order valence-corrected chi connectivity index (χ2v) is 7.69. The summed E-state index contributed by atoms with van der Waals surface area (Å²) in [6, 6.07) is 11.8. The zero-order chi connectivity index (χ0) is 22.2. The number of amides is 1. The summed E-state index contributed by atoms with van der Waals surface area (Å²) in [6.45, 7) is 2.02. The van der Waals surface area contributed by atoms with Gasteiger partial charge < -0.3 is 14.5 Å². The highest BCUT2D eigenvalue weighted by Crippen LogP contribution is 2.21. The highest BCUT2D eigenvalue weighted by molar-refractivity contribution is 7.99. The fourth-order valence-electron chi connectivity index (χ4n) is 2.93. The third-order valence-corrected chi connectivity index (χ3v) is 5.27. The molecule has 1 heterocycles. The van der Waals surface area contributed by atoms with Crippen molar-refractivity contribution >= 4 is 29.0 Å². The van der Waals surface area contributed by atoms with Crippen molar-refractivity contribution in [1.82, 2.24) is 10.2 Å². The number of ether oxygens (including phenoxy) is 1. The molecule has 0 bridgehead atoms. The molecule has 0 spiro atoms. The Hall–Kier alpha value is -3.40. The normalized spacial score (nSPS) is 10.6. The van der Waals surface area contributed by atoms with Gasteiger partial charge in [0.25, 0.3) is 10.9 Å². The highest BCUT2D eigenvalue weighted by Gasteiger charge is 2.11. The first-order valence-electron chi connectivity index (χ1n) is 9.57. The number of thioether (sulfide) groups is 1. The summed E-state index contributed by atoms with van der Waals surface area (Å²) in [5, 5.41) is 21.6. The number of carbonyl (C=O) groups is 1. The van der Waals surface area contributed by atoms with Crippen LogP contribution >= 0.6 is 11.8 Å². The van der Waals surface area contributed by atoms with Gasteiger partial charge in [0.2, 0.25) is 11.8 Å². The van der Waals surface area contributed by atoms with Gasteiger partial charge in [0.05, 0.1) is 17.8 Å². The van der Waals surface area contributed by atoms with E-state index in [0.29, 0.717) is 23.2 Å². The molecule has 2 aromatic carbocycles. The molecule has 0 aliphatic rings. The molecule has 9 nitrogen and oxygen atoms in total. The number of nitro groups is 1. The van der Waals surface area contributed by atoms with E-state index in [1.165, 1.54) is 29.8 Å². The fraction of sp³-hybridized carbons (Fsp3) is 0.286. The summed E-state index contributed by atoms with van der Waals surface area (Å²) in [5.74, 6) is 1.22. The summed E-state index contributed by atoms with van der Waals surface area (Å²) in [7, 11) is 1.66. The fourth-order valence-corrected chi connectivity index (χ4v) is 3.51. The number of benzene rings is 2. The first kappa shape index (κ1) is 22.3. The summed E-state index contributed by atoms with van der Waals surface area (Å²) in [6.07, 6.45) is 2.39. The molecule has 0 saturated carbocycles. The Morgan fingerprint density at radius 2 is 1.97 bits per heavy atom. The predicted molar refractivity (Wildman–Crippen MR) is 117 cm³/mol. The Bertz CT molecular complexity index is 1050. The molecule has 162 valence electrons. The van der Waals surface area contributed by atoms with Crippen LogP contribution in [0, 0.1) is 17.0 Å². The average Bonchev–Trinajstić information content (AvgIpc) is 3.20. The second-order valence-electron chi connectivity index (χ2n) is 6.76. The minimum absolute atomic E-state index is 0.0344. The van der Waals surface area contributed by atoms with Crippen LogP contribution in [-0.4, -0.2) is 33.9 Å². The van der Waals surface area contributed by atoms with Crippen LogP contribution in [0.1, 0.15) is 23.4 Å². The number of non-ortho nitro benzene ring substituents is 1. The van der Waals surface area contributed by atoms with Crippen molar-refractivity contribution in [3.8, 4) is 5.75 Å². The lowest BCUT2D eigenvalue weighted by atomic mass is 10.1. The molecule has 0 saturated heterocycles. The van der Waals surface area contributed by atoms with Crippen LogP contribution in [0.15, 0.2) is 52.1 Å². The number of rotatable bonds is 10. The third kappa shape index (κ3) is 6.54. The minimum Gasteiger partial charge on any atom is -0.496 e. The third-order valence-electron chi connectivity index (χ3n) is 4.45. The molecule has 0 aliphatic carbocycles. The van der Waals surface area contributed by atoms with Gasteiger partial charge in [-0.05, 0) is 49.1 Å². The smallest absolute Gasteiger partial charge is 0.277 e. The number of nitrogens with one attached hydrogen (secondary N) is 1. The van der Waals surface area contributed by atoms with Crippen LogP contribution in [0.5, 0.6) is 5.75 Å². The van der Waals surface area contributed by atoms with E-state index in [-0.39, 0.29) is 17.3 Å². The predicted octanol–water partition coefficient (Wildman–Crippen LogP) is 4.20. The Balaban J connectivity index is 1.41. The molecule has 1 amide bonds. The number of nitrogens with zero attached hydrogens (tertiary/aromatic N) is 3. The molecule has 3 aromatic rings. The van der Waals surface area contributed by atoms with Gasteiger partial charge in [-0.2, -0.15) is 0 Å². The lowest BCUT2D eigenvalue weighted by molar-refractivity contribution is -0.384. The summed E-state index contributed by atoms with van der Waals surface area (Å²) in [4.78, 5) is 22.2. The van der Waals surface area contributed by atoms with Crippen molar-refractivity contribution in [3.05, 3.63) is 69.6 Å². The van der Waals surface area contributed by atoms with Crippen molar-refractivity contribution in [1.29, 1.82) is 0 Å². The Morgan fingerprint density at radius 1 is 1.19 bits per heavy atom. The van der Waals surface area contributed by atoms with Crippen LogP contribution in [0.3, 0.4) is 0 Å². The quantitative estimate of drug-likeness (QED) is 0.282. The zero-order valence-corrected chi connectivity index (χ0v) is 18.0. The first-order chi connectivity index (χ1) is 14.9. The van der Waals surface area contributed by atoms with Crippen LogP contribution in [0.25, 0.3) is 0 Å². The molecule has 0 aliphatic heterocycles. The minimum atomic E-state index is -0.493. The zero-order valence-electron chi connectivity index (χ0n) is 17.2. The van der Waals surface area contributed by atoms with E-state index in [2.05, 4.69) is 21.6 Å². The average molecular weight is 442 g/mol. The first-order valence-corrected chi connectivity index (χ1v) is 10.6. The number of anilines is 1. The van der Waals surface area contributed by atoms with Crippen molar-refractivity contribution in [2.24, 2.45) is 0 Å². The second kappa shape index (κ2) is 10.6. The molecular formula is C21H22N4O5S. The van der Waals surface area contributed by atoms with E-state index in [1.807, 2.05) is 19.1 Å². The summed E-state index contributed by atoms with van der Waals surface area (Å²) >= 11 is 1.14.